The number of furan rings is 1. The molecule has 0 spiro atoms. The second-order valence-electron chi connectivity index (χ2n) is 6.81. The molecular formula is C21H26N4O4. The number of carbonyl (C=O) groups excluding carboxylic acids is 2. The van der Waals surface area contributed by atoms with E-state index in [1.165, 1.54) is 13.4 Å². The van der Waals surface area contributed by atoms with E-state index in [2.05, 4.69) is 20.5 Å². The molecule has 3 rings (SSSR count). The Bertz CT molecular complexity index is 838. The van der Waals surface area contributed by atoms with Crippen molar-refractivity contribution in [3.63, 3.8) is 0 Å². The van der Waals surface area contributed by atoms with Gasteiger partial charge in [0.25, 0.3) is 5.91 Å². The molecule has 1 amide bonds. The van der Waals surface area contributed by atoms with Crippen LogP contribution in [0.15, 0.2) is 52.1 Å². The van der Waals surface area contributed by atoms with E-state index in [-0.39, 0.29) is 23.6 Å². The van der Waals surface area contributed by atoms with Gasteiger partial charge in [0, 0.05) is 32.4 Å². The maximum absolute atomic E-state index is 12.0. The van der Waals surface area contributed by atoms with Crippen LogP contribution in [0.3, 0.4) is 0 Å². The van der Waals surface area contributed by atoms with E-state index in [1.54, 1.807) is 19.2 Å². The Morgan fingerprint density at radius 1 is 1.21 bits per heavy atom. The molecule has 29 heavy (non-hydrogen) atoms. The zero-order valence-corrected chi connectivity index (χ0v) is 16.7. The molecule has 8 nitrogen and oxygen atoms in total. The first-order chi connectivity index (χ1) is 14.1. The minimum atomic E-state index is -0.281. The first-order valence-corrected chi connectivity index (χ1v) is 9.58. The van der Waals surface area contributed by atoms with Gasteiger partial charge in [0.2, 0.25) is 0 Å². The molecule has 1 aromatic heterocycles. The standard InChI is InChI=1S/C21H26N4O4/c1-22-21(25-11-9-16(10-12-25)20(27)28-2)23-14-15-5-7-17(8-6-15)24-19(26)18-4-3-13-29-18/h3-8,13,16H,9-12,14H2,1-2H3,(H,22,23)(H,24,26). The number of methoxy groups -OCH3 is 1. The van der Waals surface area contributed by atoms with E-state index in [0.717, 1.165) is 37.5 Å². The van der Waals surface area contributed by atoms with Crippen molar-refractivity contribution in [2.75, 3.05) is 32.6 Å². The van der Waals surface area contributed by atoms with Crippen molar-refractivity contribution in [1.82, 2.24) is 10.2 Å². The molecule has 1 saturated heterocycles. The molecule has 1 aliphatic rings. The van der Waals surface area contributed by atoms with E-state index < -0.39 is 0 Å². The largest absolute Gasteiger partial charge is 0.469 e. The van der Waals surface area contributed by atoms with Crippen LogP contribution >= 0.6 is 0 Å². The maximum atomic E-state index is 12.0. The smallest absolute Gasteiger partial charge is 0.308 e. The molecule has 0 radical (unpaired) electrons. The number of ether oxygens (including phenoxy) is 1. The van der Waals surface area contributed by atoms with Crippen molar-refractivity contribution in [1.29, 1.82) is 0 Å². The highest BCUT2D eigenvalue weighted by atomic mass is 16.5. The number of esters is 1. The number of nitrogens with zero attached hydrogens (tertiary/aromatic N) is 2. The molecule has 8 heteroatoms. The fourth-order valence-electron chi connectivity index (χ4n) is 3.31. The summed E-state index contributed by atoms with van der Waals surface area (Å²) in [6, 6.07) is 10.9. The third kappa shape index (κ3) is 5.37. The van der Waals surface area contributed by atoms with E-state index in [9.17, 15) is 9.59 Å². The summed E-state index contributed by atoms with van der Waals surface area (Å²) in [6.45, 7) is 2.13. The highest BCUT2D eigenvalue weighted by Crippen LogP contribution is 2.18. The Labute approximate surface area is 169 Å². The summed E-state index contributed by atoms with van der Waals surface area (Å²) in [6.07, 6.45) is 2.99. The van der Waals surface area contributed by atoms with Gasteiger partial charge in [-0.25, -0.2) is 0 Å². The van der Waals surface area contributed by atoms with Crippen LogP contribution < -0.4 is 10.6 Å². The highest BCUT2D eigenvalue weighted by molar-refractivity contribution is 6.02. The summed E-state index contributed by atoms with van der Waals surface area (Å²) < 4.78 is 9.92. The topological polar surface area (TPSA) is 96.2 Å². The van der Waals surface area contributed by atoms with Crippen LogP contribution in [0, 0.1) is 5.92 Å². The average molecular weight is 398 g/mol. The molecule has 0 saturated carbocycles. The molecule has 2 N–H and O–H groups in total. The van der Waals surface area contributed by atoms with Crippen LogP contribution in [-0.2, 0) is 16.1 Å². The Kier molecular flexibility index (Phi) is 6.89. The maximum Gasteiger partial charge on any atom is 0.308 e. The number of guanidine groups is 1. The fourth-order valence-corrected chi connectivity index (χ4v) is 3.31. The number of carbonyl (C=O) groups is 2. The summed E-state index contributed by atoms with van der Waals surface area (Å²) in [5.74, 6) is 0.640. The van der Waals surface area contributed by atoms with Gasteiger partial charge in [-0.2, -0.15) is 0 Å². The van der Waals surface area contributed by atoms with E-state index >= 15 is 0 Å². The molecule has 1 fully saturated rings. The van der Waals surface area contributed by atoms with Crippen LogP contribution in [0.1, 0.15) is 29.0 Å². The monoisotopic (exact) mass is 398 g/mol. The molecule has 2 aromatic rings. The predicted molar refractivity (Wildman–Crippen MR) is 110 cm³/mol. The number of benzene rings is 1. The SMILES string of the molecule is CN=C(NCc1ccc(NC(=O)c2ccco2)cc1)N1CCC(C(=O)OC)CC1. The molecular weight excluding hydrogens is 372 g/mol. The van der Waals surface area contributed by atoms with Gasteiger partial charge in [-0.3, -0.25) is 14.6 Å². The Balaban J connectivity index is 1.49. The number of hydrogen-bond donors (Lipinski definition) is 2. The van der Waals surface area contributed by atoms with Crippen molar-refractivity contribution in [3.05, 3.63) is 54.0 Å². The summed E-state index contributed by atoms with van der Waals surface area (Å²) in [5.41, 5.74) is 1.76. The van der Waals surface area contributed by atoms with Gasteiger partial charge < -0.3 is 24.7 Å². The number of nitrogens with one attached hydrogen (secondary N) is 2. The lowest BCUT2D eigenvalue weighted by Crippen LogP contribution is -2.46. The third-order valence-corrected chi connectivity index (χ3v) is 4.95. The van der Waals surface area contributed by atoms with Crippen molar-refractivity contribution in [2.45, 2.75) is 19.4 Å². The molecule has 0 bridgehead atoms. The summed E-state index contributed by atoms with van der Waals surface area (Å²) in [5, 5.41) is 6.15. The zero-order valence-electron chi connectivity index (χ0n) is 16.7. The molecule has 154 valence electrons. The van der Waals surface area contributed by atoms with Gasteiger partial charge in [-0.05, 0) is 42.7 Å². The van der Waals surface area contributed by atoms with Crippen molar-refractivity contribution >= 4 is 23.5 Å². The third-order valence-electron chi connectivity index (χ3n) is 4.95. The number of hydrogen-bond acceptors (Lipinski definition) is 5. The molecule has 0 unspecified atom stereocenters. The lowest BCUT2D eigenvalue weighted by molar-refractivity contribution is -0.146. The Morgan fingerprint density at radius 2 is 1.93 bits per heavy atom. The van der Waals surface area contributed by atoms with E-state index in [1.807, 2.05) is 24.3 Å². The number of likely N-dealkylation sites (tertiary alicyclic amines) is 1. The quantitative estimate of drug-likeness (QED) is 0.456. The van der Waals surface area contributed by atoms with Crippen molar-refractivity contribution < 1.29 is 18.7 Å². The first-order valence-electron chi connectivity index (χ1n) is 9.58. The van der Waals surface area contributed by atoms with Gasteiger partial charge >= 0.3 is 5.97 Å². The normalized spacial score (nSPS) is 15.1. The molecule has 1 aliphatic heterocycles. The van der Waals surface area contributed by atoms with E-state index in [0.29, 0.717) is 12.2 Å². The zero-order chi connectivity index (χ0) is 20.6. The summed E-state index contributed by atoms with van der Waals surface area (Å²) >= 11 is 0. The summed E-state index contributed by atoms with van der Waals surface area (Å²) in [4.78, 5) is 30.2. The predicted octanol–water partition coefficient (Wildman–Crippen LogP) is 2.49. The Morgan fingerprint density at radius 3 is 2.52 bits per heavy atom. The number of piperidine rings is 1. The first kappa shape index (κ1) is 20.4. The number of aliphatic imine (C=N–C) groups is 1. The van der Waals surface area contributed by atoms with Gasteiger partial charge in [-0.15, -0.1) is 0 Å². The van der Waals surface area contributed by atoms with Gasteiger partial charge in [0.1, 0.15) is 0 Å². The van der Waals surface area contributed by atoms with Gasteiger partial charge in [0.15, 0.2) is 11.7 Å². The number of anilines is 1. The van der Waals surface area contributed by atoms with Crippen LogP contribution in [0.5, 0.6) is 0 Å². The Hall–Kier alpha value is -3.29. The van der Waals surface area contributed by atoms with Crippen LogP contribution in [-0.4, -0.2) is 50.0 Å². The van der Waals surface area contributed by atoms with Crippen molar-refractivity contribution in [3.8, 4) is 0 Å². The second kappa shape index (κ2) is 9.77. The number of amides is 1. The minimum Gasteiger partial charge on any atom is -0.469 e. The molecule has 2 heterocycles. The molecule has 1 aromatic carbocycles. The molecule has 0 aliphatic carbocycles. The minimum absolute atomic E-state index is 0.0294. The van der Waals surface area contributed by atoms with Gasteiger partial charge in [0.05, 0.1) is 19.3 Å². The summed E-state index contributed by atoms with van der Waals surface area (Å²) in [7, 11) is 3.19. The highest BCUT2D eigenvalue weighted by Gasteiger charge is 2.26. The van der Waals surface area contributed by atoms with Crippen LogP contribution in [0.2, 0.25) is 0 Å². The van der Waals surface area contributed by atoms with Crippen molar-refractivity contribution in [2.24, 2.45) is 10.9 Å². The lowest BCUT2D eigenvalue weighted by Gasteiger charge is -2.33. The van der Waals surface area contributed by atoms with Gasteiger partial charge in [-0.1, -0.05) is 12.1 Å². The number of rotatable bonds is 5. The van der Waals surface area contributed by atoms with Crippen LogP contribution in [0.4, 0.5) is 5.69 Å². The average Bonchev–Trinajstić information content (AvgIpc) is 3.30. The van der Waals surface area contributed by atoms with Crippen LogP contribution in [0.25, 0.3) is 0 Å². The second-order valence-corrected chi connectivity index (χ2v) is 6.81. The van der Waals surface area contributed by atoms with E-state index in [4.69, 9.17) is 9.15 Å². The molecule has 0 atom stereocenters. The fraction of sp³-hybridized carbons (Fsp3) is 0.381. The lowest BCUT2D eigenvalue weighted by atomic mass is 9.97.